The van der Waals surface area contributed by atoms with Crippen LogP contribution in [-0.4, -0.2) is 24.1 Å². The lowest BCUT2D eigenvalue weighted by Crippen LogP contribution is -2.20. The van der Waals surface area contributed by atoms with Crippen molar-refractivity contribution < 1.29 is 14.1 Å². The van der Waals surface area contributed by atoms with Crippen LogP contribution in [0.2, 0.25) is 0 Å². The zero-order valence-electron chi connectivity index (χ0n) is 8.89. The van der Waals surface area contributed by atoms with Gasteiger partial charge in [-0.05, 0) is 25.1 Å². The number of nitrogens with zero attached hydrogens (tertiary/aromatic N) is 1. The summed E-state index contributed by atoms with van der Waals surface area (Å²) in [6.45, 7) is 1.45. The SMILES string of the molecule is Cl.O=[N+]([O-])c1c(F)cccc1OC1CCNC1. The molecule has 7 heteroatoms. The number of ether oxygens (including phenoxy) is 1. The molecule has 0 bridgehead atoms. The van der Waals surface area contributed by atoms with Gasteiger partial charge in [-0.1, -0.05) is 6.07 Å². The van der Waals surface area contributed by atoms with Crippen molar-refractivity contribution in [2.75, 3.05) is 13.1 Å². The number of nitrogens with one attached hydrogen (secondary N) is 1. The number of hydrogen-bond acceptors (Lipinski definition) is 4. The minimum atomic E-state index is -0.867. The second-order valence-electron chi connectivity index (χ2n) is 3.58. The fourth-order valence-electron chi connectivity index (χ4n) is 1.68. The van der Waals surface area contributed by atoms with Crippen LogP contribution >= 0.6 is 12.4 Å². The summed E-state index contributed by atoms with van der Waals surface area (Å²) in [5, 5.41) is 13.8. The molecule has 1 saturated heterocycles. The Morgan fingerprint density at radius 1 is 1.53 bits per heavy atom. The average Bonchev–Trinajstić information content (AvgIpc) is 2.70. The van der Waals surface area contributed by atoms with Crippen LogP contribution in [0.4, 0.5) is 10.1 Å². The van der Waals surface area contributed by atoms with E-state index in [1.807, 2.05) is 0 Å². The molecule has 0 spiro atoms. The Labute approximate surface area is 104 Å². The maximum Gasteiger partial charge on any atom is 0.346 e. The summed E-state index contributed by atoms with van der Waals surface area (Å²) in [4.78, 5) is 9.93. The van der Waals surface area contributed by atoms with Crippen LogP contribution < -0.4 is 10.1 Å². The molecule has 2 rings (SSSR count). The normalized spacial score (nSPS) is 18.5. The molecule has 1 aromatic rings. The van der Waals surface area contributed by atoms with Gasteiger partial charge in [-0.25, -0.2) is 0 Å². The first-order chi connectivity index (χ1) is 7.68. The minimum Gasteiger partial charge on any atom is -0.482 e. The molecule has 0 radical (unpaired) electrons. The third-order valence-corrected chi connectivity index (χ3v) is 2.44. The summed E-state index contributed by atoms with van der Waals surface area (Å²) in [7, 11) is 0. The molecule has 94 valence electrons. The van der Waals surface area contributed by atoms with Gasteiger partial charge in [-0.15, -0.1) is 12.4 Å². The molecule has 0 amide bonds. The van der Waals surface area contributed by atoms with Crippen LogP contribution in [0.1, 0.15) is 6.42 Å². The van der Waals surface area contributed by atoms with Crippen molar-refractivity contribution in [2.45, 2.75) is 12.5 Å². The molecule has 1 atom stereocenters. The van der Waals surface area contributed by atoms with Gasteiger partial charge in [0.2, 0.25) is 11.6 Å². The first kappa shape index (κ1) is 13.7. The Balaban J connectivity index is 0.00000144. The van der Waals surface area contributed by atoms with Gasteiger partial charge in [-0.2, -0.15) is 4.39 Å². The standard InChI is InChI=1S/C10H11FN2O3.ClH/c11-8-2-1-3-9(10(8)13(14)15)16-7-4-5-12-6-7;/h1-3,7,12H,4-6H2;1H. The minimum absolute atomic E-state index is 0. The Morgan fingerprint density at radius 3 is 2.88 bits per heavy atom. The zero-order chi connectivity index (χ0) is 11.5. The molecule has 1 aliphatic rings. The Hall–Kier alpha value is -1.40. The number of hydrogen-bond donors (Lipinski definition) is 1. The van der Waals surface area contributed by atoms with E-state index >= 15 is 0 Å². The number of para-hydroxylation sites is 1. The molecular weight excluding hydrogens is 251 g/mol. The molecule has 1 aromatic carbocycles. The lowest BCUT2D eigenvalue weighted by molar-refractivity contribution is -0.388. The Bertz CT molecular complexity index is 411. The van der Waals surface area contributed by atoms with Crippen LogP contribution in [0.15, 0.2) is 18.2 Å². The van der Waals surface area contributed by atoms with E-state index in [-0.39, 0.29) is 24.3 Å². The average molecular weight is 263 g/mol. The lowest BCUT2D eigenvalue weighted by Gasteiger charge is -2.12. The Morgan fingerprint density at radius 2 is 2.29 bits per heavy atom. The predicted molar refractivity (Wildman–Crippen MR) is 62.2 cm³/mol. The monoisotopic (exact) mass is 262 g/mol. The second-order valence-corrected chi connectivity index (χ2v) is 3.58. The molecule has 1 unspecified atom stereocenters. The van der Waals surface area contributed by atoms with E-state index in [1.54, 1.807) is 0 Å². The highest BCUT2D eigenvalue weighted by Gasteiger charge is 2.25. The van der Waals surface area contributed by atoms with Gasteiger partial charge in [0, 0.05) is 6.54 Å². The van der Waals surface area contributed by atoms with Crippen molar-refractivity contribution in [3.8, 4) is 5.75 Å². The molecule has 1 heterocycles. The number of nitro benzene ring substituents is 1. The number of rotatable bonds is 3. The maximum atomic E-state index is 13.2. The fourth-order valence-corrected chi connectivity index (χ4v) is 1.68. The highest BCUT2D eigenvalue weighted by Crippen LogP contribution is 2.30. The van der Waals surface area contributed by atoms with E-state index < -0.39 is 16.4 Å². The summed E-state index contributed by atoms with van der Waals surface area (Å²) >= 11 is 0. The summed E-state index contributed by atoms with van der Waals surface area (Å²) in [6.07, 6.45) is 0.647. The summed E-state index contributed by atoms with van der Waals surface area (Å²) in [5.74, 6) is -0.868. The molecule has 5 nitrogen and oxygen atoms in total. The van der Waals surface area contributed by atoms with E-state index in [0.29, 0.717) is 6.54 Å². The van der Waals surface area contributed by atoms with Crippen molar-refractivity contribution in [2.24, 2.45) is 0 Å². The Kier molecular flexibility index (Phi) is 4.65. The van der Waals surface area contributed by atoms with Gasteiger partial charge in [0.15, 0.2) is 0 Å². The second kappa shape index (κ2) is 5.79. The van der Waals surface area contributed by atoms with Crippen molar-refractivity contribution in [1.29, 1.82) is 0 Å². The molecule has 1 aliphatic heterocycles. The molecule has 17 heavy (non-hydrogen) atoms. The van der Waals surface area contributed by atoms with E-state index in [2.05, 4.69) is 5.32 Å². The number of halogens is 2. The molecule has 0 aromatic heterocycles. The molecule has 0 saturated carbocycles. The first-order valence-electron chi connectivity index (χ1n) is 4.99. The third kappa shape index (κ3) is 3.04. The zero-order valence-corrected chi connectivity index (χ0v) is 9.71. The van der Waals surface area contributed by atoms with Gasteiger partial charge in [0.05, 0.1) is 4.92 Å². The van der Waals surface area contributed by atoms with Gasteiger partial charge >= 0.3 is 5.69 Å². The van der Waals surface area contributed by atoms with Gasteiger partial charge in [0.25, 0.3) is 0 Å². The molecule has 0 aliphatic carbocycles. The van der Waals surface area contributed by atoms with Crippen molar-refractivity contribution in [1.82, 2.24) is 5.32 Å². The molecule has 1 N–H and O–H groups in total. The van der Waals surface area contributed by atoms with E-state index in [9.17, 15) is 14.5 Å². The molecular formula is C10H12ClFN2O3. The quantitative estimate of drug-likeness (QED) is 0.667. The highest BCUT2D eigenvalue weighted by molar-refractivity contribution is 5.85. The topological polar surface area (TPSA) is 64.4 Å². The van der Waals surface area contributed by atoms with Crippen LogP contribution in [0, 0.1) is 15.9 Å². The fraction of sp³-hybridized carbons (Fsp3) is 0.400. The third-order valence-electron chi connectivity index (χ3n) is 2.44. The van der Waals surface area contributed by atoms with Gasteiger partial charge < -0.3 is 10.1 Å². The van der Waals surface area contributed by atoms with Crippen molar-refractivity contribution in [3.05, 3.63) is 34.1 Å². The molecule has 1 fully saturated rings. The van der Waals surface area contributed by atoms with E-state index in [1.165, 1.54) is 12.1 Å². The summed E-state index contributed by atoms with van der Waals surface area (Å²) in [5.41, 5.74) is -0.589. The predicted octanol–water partition coefficient (Wildman–Crippen LogP) is 1.90. The van der Waals surface area contributed by atoms with E-state index in [4.69, 9.17) is 4.74 Å². The smallest absolute Gasteiger partial charge is 0.346 e. The number of nitro groups is 1. The van der Waals surface area contributed by atoms with Crippen LogP contribution in [-0.2, 0) is 0 Å². The largest absolute Gasteiger partial charge is 0.482 e. The summed E-state index contributed by atoms with van der Waals surface area (Å²) < 4.78 is 18.6. The first-order valence-corrected chi connectivity index (χ1v) is 4.99. The highest BCUT2D eigenvalue weighted by atomic mass is 35.5. The lowest BCUT2D eigenvalue weighted by atomic mass is 10.2. The number of benzene rings is 1. The van der Waals surface area contributed by atoms with Crippen LogP contribution in [0.5, 0.6) is 5.75 Å². The summed E-state index contributed by atoms with van der Waals surface area (Å²) in [6, 6.07) is 3.87. The van der Waals surface area contributed by atoms with Crippen molar-refractivity contribution in [3.63, 3.8) is 0 Å². The van der Waals surface area contributed by atoms with Crippen LogP contribution in [0.3, 0.4) is 0 Å². The van der Waals surface area contributed by atoms with Crippen molar-refractivity contribution >= 4 is 18.1 Å². The van der Waals surface area contributed by atoms with E-state index in [0.717, 1.165) is 19.0 Å². The van der Waals surface area contributed by atoms with Crippen LogP contribution in [0.25, 0.3) is 0 Å². The maximum absolute atomic E-state index is 13.2. The van der Waals surface area contributed by atoms with Gasteiger partial charge in [0.1, 0.15) is 6.10 Å². The van der Waals surface area contributed by atoms with Gasteiger partial charge in [-0.3, -0.25) is 10.1 Å².